The number of nitriles is 1. The first-order valence-corrected chi connectivity index (χ1v) is 7.59. The standard InChI is InChI=1S/C18H18N4O3/c1-12(17(23)22-18(24)20-2)21-14-5-9-16(10-6-14)25-15-7-3-13(11-19)4-8-15/h3-10,12,21H,1-2H3,(H2,20,22,23,24). The topological polar surface area (TPSA) is 103 Å². The number of ether oxygens (including phenoxy) is 1. The lowest BCUT2D eigenvalue weighted by atomic mass is 10.2. The van der Waals surface area contributed by atoms with Gasteiger partial charge >= 0.3 is 6.03 Å². The first-order chi connectivity index (χ1) is 12.0. The fourth-order valence-electron chi connectivity index (χ4n) is 1.95. The Kier molecular flexibility index (Phi) is 5.96. The largest absolute Gasteiger partial charge is 0.457 e. The van der Waals surface area contributed by atoms with Gasteiger partial charge in [0.05, 0.1) is 11.6 Å². The predicted molar refractivity (Wildman–Crippen MR) is 93.4 cm³/mol. The van der Waals surface area contributed by atoms with E-state index in [0.717, 1.165) is 0 Å². The highest BCUT2D eigenvalue weighted by Gasteiger charge is 2.14. The molecule has 0 heterocycles. The van der Waals surface area contributed by atoms with Crippen molar-refractivity contribution in [1.82, 2.24) is 10.6 Å². The molecule has 3 amide bonds. The third-order valence-corrected chi connectivity index (χ3v) is 3.31. The Bertz CT molecular complexity index is 779. The van der Waals surface area contributed by atoms with Crippen LogP contribution in [0.25, 0.3) is 0 Å². The molecule has 7 nitrogen and oxygen atoms in total. The summed E-state index contributed by atoms with van der Waals surface area (Å²) in [4.78, 5) is 22.9. The molecule has 0 aliphatic heterocycles. The normalized spacial score (nSPS) is 10.9. The Morgan fingerprint density at radius 3 is 2.12 bits per heavy atom. The van der Waals surface area contributed by atoms with Crippen LogP contribution in [-0.2, 0) is 4.79 Å². The number of nitrogens with zero attached hydrogens (tertiary/aromatic N) is 1. The van der Waals surface area contributed by atoms with Gasteiger partial charge in [0.25, 0.3) is 0 Å². The lowest BCUT2D eigenvalue weighted by Gasteiger charge is -2.15. The summed E-state index contributed by atoms with van der Waals surface area (Å²) in [5, 5.41) is 16.3. The number of imide groups is 1. The first-order valence-electron chi connectivity index (χ1n) is 7.59. The van der Waals surface area contributed by atoms with Crippen molar-refractivity contribution in [2.24, 2.45) is 0 Å². The molecule has 0 radical (unpaired) electrons. The predicted octanol–water partition coefficient (Wildman–Crippen LogP) is 2.61. The summed E-state index contributed by atoms with van der Waals surface area (Å²) in [7, 11) is 1.44. The number of nitrogens with one attached hydrogen (secondary N) is 3. The van der Waals surface area contributed by atoms with Crippen LogP contribution in [-0.4, -0.2) is 25.0 Å². The molecule has 0 aromatic heterocycles. The van der Waals surface area contributed by atoms with E-state index in [1.807, 2.05) is 6.07 Å². The molecule has 2 aromatic rings. The summed E-state index contributed by atoms with van der Waals surface area (Å²) in [6.45, 7) is 1.65. The van der Waals surface area contributed by atoms with Crippen LogP contribution >= 0.6 is 0 Å². The van der Waals surface area contributed by atoms with Crippen molar-refractivity contribution in [3.63, 3.8) is 0 Å². The molecule has 2 rings (SSSR count). The second-order valence-electron chi connectivity index (χ2n) is 5.20. The second-order valence-corrected chi connectivity index (χ2v) is 5.20. The highest BCUT2D eigenvalue weighted by molar-refractivity contribution is 5.97. The molecule has 2 aromatic carbocycles. The van der Waals surface area contributed by atoms with E-state index in [9.17, 15) is 9.59 Å². The molecule has 0 bridgehead atoms. The Morgan fingerprint density at radius 2 is 1.60 bits per heavy atom. The highest BCUT2D eigenvalue weighted by atomic mass is 16.5. The van der Waals surface area contributed by atoms with Gasteiger partial charge in [0, 0.05) is 12.7 Å². The van der Waals surface area contributed by atoms with Crippen LogP contribution in [0.2, 0.25) is 0 Å². The van der Waals surface area contributed by atoms with Crippen molar-refractivity contribution in [3.05, 3.63) is 54.1 Å². The maximum absolute atomic E-state index is 11.8. The summed E-state index contributed by atoms with van der Waals surface area (Å²) in [5.74, 6) is 0.813. The zero-order chi connectivity index (χ0) is 18.2. The van der Waals surface area contributed by atoms with E-state index in [0.29, 0.717) is 22.7 Å². The molecule has 0 spiro atoms. The smallest absolute Gasteiger partial charge is 0.321 e. The van der Waals surface area contributed by atoms with Gasteiger partial charge in [-0.15, -0.1) is 0 Å². The number of benzene rings is 2. The van der Waals surface area contributed by atoms with Crippen LogP contribution in [0.1, 0.15) is 12.5 Å². The van der Waals surface area contributed by atoms with E-state index in [1.54, 1.807) is 55.5 Å². The van der Waals surface area contributed by atoms with Gasteiger partial charge in [0.2, 0.25) is 5.91 Å². The maximum atomic E-state index is 11.8. The zero-order valence-corrected chi connectivity index (χ0v) is 13.9. The van der Waals surface area contributed by atoms with Crippen molar-refractivity contribution in [1.29, 1.82) is 5.26 Å². The molecule has 1 unspecified atom stereocenters. The molecular formula is C18H18N4O3. The number of hydrogen-bond donors (Lipinski definition) is 3. The minimum absolute atomic E-state index is 0.433. The summed E-state index contributed by atoms with van der Waals surface area (Å²) < 4.78 is 5.68. The number of rotatable bonds is 5. The average molecular weight is 338 g/mol. The van der Waals surface area contributed by atoms with Crippen molar-refractivity contribution in [2.75, 3.05) is 12.4 Å². The number of urea groups is 1. The lowest BCUT2D eigenvalue weighted by molar-refractivity contribution is -0.120. The molecule has 0 saturated carbocycles. The molecule has 0 saturated heterocycles. The number of hydrogen-bond acceptors (Lipinski definition) is 5. The Hall–Kier alpha value is -3.53. The Labute approximate surface area is 145 Å². The zero-order valence-electron chi connectivity index (χ0n) is 13.9. The van der Waals surface area contributed by atoms with Gasteiger partial charge in [-0.2, -0.15) is 5.26 Å². The van der Waals surface area contributed by atoms with Gasteiger partial charge in [-0.25, -0.2) is 4.79 Å². The van der Waals surface area contributed by atoms with Crippen molar-refractivity contribution < 1.29 is 14.3 Å². The average Bonchev–Trinajstić information content (AvgIpc) is 2.63. The Balaban J connectivity index is 1.93. The molecule has 7 heteroatoms. The monoisotopic (exact) mass is 338 g/mol. The molecule has 128 valence electrons. The van der Waals surface area contributed by atoms with E-state index in [2.05, 4.69) is 16.0 Å². The third-order valence-electron chi connectivity index (χ3n) is 3.31. The van der Waals surface area contributed by atoms with Gasteiger partial charge in [-0.1, -0.05) is 0 Å². The second kappa shape index (κ2) is 8.36. The van der Waals surface area contributed by atoms with Crippen LogP contribution in [0.3, 0.4) is 0 Å². The summed E-state index contributed by atoms with van der Waals surface area (Å²) in [6, 6.07) is 14.7. The van der Waals surface area contributed by atoms with Crippen molar-refractivity contribution >= 4 is 17.6 Å². The van der Waals surface area contributed by atoms with Gasteiger partial charge in [0.15, 0.2) is 0 Å². The van der Waals surface area contributed by atoms with E-state index in [-0.39, 0.29) is 0 Å². The minimum Gasteiger partial charge on any atom is -0.457 e. The van der Waals surface area contributed by atoms with E-state index in [4.69, 9.17) is 10.00 Å². The number of carbonyl (C=O) groups is 2. The van der Waals surface area contributed by atoms with Crippen LogP contribution in [0.5, 0.6) is 11.5 Å². The maximum Gasteiger partial charge on any atom is 0.321 e. The quantitative estimate of drug-likeness (QED) is 0.777. The van der Waals surface area contributed by atoms with Crippen LogP contribution in [0.4, 0.5) is 10.5 Å². The molecule has 3 N–H and O–H groups in total. The molecule has 0 fully saturated rings. The SMILES string of the molecule is CNC(=O)NC(=O)C(C)Nc1ccc(Oc2ccc(C#N)cc2)cc1. The molecule has 1 atom stereocenters. The molecule has 0 aliphatic rings. The van der Waals surface area contributed by atoms with E-state index >= 15 is 0 Å². The Morgan fingerprint density at radius 1 is 1.04 bits per heavy atom. The summed E-state index contributed by atoms with van der Waals surface area (Å²) >= 11 is 0. The first kappa shape index (κ1) is 17.8. The fourth-order valence-corrected chi connectivity index (χ4v) is 1.95. The molecule has 0 aliphatic carbocycles. The van der Waals surface area contributed by atoms with Gasteiger partial charge < -0.3 is 15.4 Å². The minimum atomic E-state index is -0.581. The highest BCUT2D eigenvalue weighted by Crippen LogP contribution is 2.23. The summed E-state index contributed by atoms with van der Waals surface area (Å²) in [5.41, 5.74) is 1.28. The van der Waals surface area contributed by atoms with Crippen LogP contribution in [0.15, 0.2) is 48.5 Å². The number of anilines is 1. The summed E-state index contributed by atoms with van der Waals surface area (Å²) in [6.07, 6.45) is 0. The number of amides is 3. The number of carbonyl (C=O) groups excluding carboxylic acids is 2. The van der Waals surface area contributed by atoms with Crippen molar-refractivity contribution in [2.45, 2.75) is 13.0 Å². The van der Waals surface area contributed by atoms with Gasteiger partial charge in [-0.05, 0) is 55.5 Å². The molecule has 25 heavy (non-hydrogen) atoms. The van der Waals surface area contributed by atoms with Gasteiger partial charge in [0.1, 0.15) is 17.5 Å². The van der Waals surface area contributed by atoms with E-state index < -0.39 is 18.0 Å². The lowest BCUT2D eigenvalue weighted by Crippen LogP contribution is -2.44. The van der Waals surface area contributed by atoms with Gasteiger partial charge in [-0.3, -0.25) is 10.1 Å². The van der Waals surface area contributed by atoms with Crippen molar-refractivity contribution in [3.8, 4) is 17.6 Å². The third kappa shape index (κ3) is 5.25. The van der Waals surface area contributed by atoms with Crippen LogP contribution in [0, 0.1) is 11.3 Å². The van der Waals surface area contributed by atoms with E-state index in [1.165, 1.54) is 7.05 Å². The van der Waals surface area contributed by atoms with Crippen LogP contribution < -0.4 is 20.7 Å². The molecular weight excluding hydrogens is 320 g/mol. The fraction of sp³-hybridized carbons (Fsp3) is 0.167.